The summed E-state index contributed by atoms with van der Waals surface area (Å²) in [6.45, 7) is 0. The molecular formula is C5H7NO3S. The number of amides is 1. The van der Waals surface area contributed by atoms with Crippen LogP contribution in [-0.4, -0.2) is 21.9 Å². The lowest BCUT2D eigenvalue weighted by Crippen LogP contribution is -2.40. The van der Waals surface area contributed by atoms with Crippen LogP contribution in [0.25, 0.3) is 0 Å². The number of hydrogen-bond donors (Lipinski definition) is 3. The number of carbonyl (C=O) groups is 2. The van der Waals surface area contributed by atoms with E-state index in [1.54, 1.807) is 0 Å². The van der Waals surface area contributed by atoms with Crippen LogP contribution in [0.2, 0.25) is 0 Å². The maximum absolute atomic E-state index is 10.4. The Labute approximate surface area is 63.0 Å². The molecule has 1 fully saturated rings. The Morgan fingerprint density at radius 2 is 2.00 bits per heavy atom. The third-order valence-electron chi connectivity index (χ3n) is 1.51. The molecule has 1 amide bonds. The highest BCUT2D eigenvalue weighted by Gasteiger charge is 2.51. The van der Waals surface area contributed by atoms with E-state index < -0.39 is 16.7 Å². The zero-order valence-corrected chi connectivity index (χ0v) is 6.02. The third-order valence-corrected chi connectivity index (χ3v) is 1.62. The van der Waals surface area contributed by atoms with Gasteiger partial charge in [0.15, 0.2) is 0 Å². The highest BCUT2D eigenvalue weighted by Crippen LogP contribution is 2.35. The Morgan fingerprint density at radius 1 is 1.50 bits per heavy atom. The Hall–Kier alpha value is -0.710. The van der Waals surface area contributed by atoms with Crippen molar-refractivity contribution in [3.63, 3.8) is 0 Å². The average molecular weight is 161 g/mol. The molecule has 1 aliphatic carbocycles. The average Bonchev–Trinajstić information content (AvgIpc) is 2.46. The lowest BCUT2D eigenvalue weighted by atomic mass is 10.3. The Bertz CT molecular complexity index is 187. The molecule has 0 heterocycles. The molecule has 5 heteroatoms. The molecule has 56 valence electrons. The van der Waals surface area contributed by atoms with Crippen molar-refractivity contribution in [2.75, 3.05) is 0 Å². The van der Waals surface area contributed by atoms with Gasteiger partial charge < -0.3 is 10.4 Å². The van der Waals surface area contributed by atoms with Gasteiger partial charge in [-0.1, -0.05) is 12.6 Å². The van der Waals surface area contributed by atoms with Gasteiger partial charge in [-0.05, 0) is 12.8 Å². The molecule has 0 saturated heterocycles. The van der Waals surface area contributed by atoms with E-state index in [-0.39, 0.29) is 0 Å². The topological polar surface area (TPSA) is 66.4 Å². The van der Waals surface area contributed by atoms with Crippen LogP contribution in [0.4, 0.5) is 4.79 Å². The molecule has 0 aromatic carbocycles. The summed E-state index contributed by atoms with van der Waals surface area (Å²) in [6.07, 6.45) is 1.02. The smallest absolute Gasteiger partial charge is 0.329 e. The number of carbonyl (C=O) groups excluding carboxylic acids is 1. The Balaban J connectivity index is 2.53. The molecule has 0 unspecified atom stereocenters. The predicted octanol–water partition coefficient (Wildman–Crippen LogP) is 0.243. The summed E-state index contributed by atoms with van der Waals surface area (Å²) >= 11 is 3.41. The van der Waals surface area contributed by atoms with Crippen LogP contribution in [0.1, 0.15) is 12.8 Å². The van der Waals surface area contributed by atoms with Crippen molar-refractivity contribution in [1.29, 1.82) is 0 Å². The summed E-state index contributed by atoms with van der Waals surface area (Å²) in [7, 11) is 0. The number of carboxylic acids is 1. The number of aliphatic carboxylic acids is 1. The van der Waals surface area contributed by atoms with Crippen molar-refractivity contribution in [2.24, 2.45) is 0 Å². The fourth-order valence-corrected chi connectivity index (χ4v) is 0.936. The van der Waals surface area contributed by atoms with Crippen LogP contribution >= 0.6 is 12.6 Å². The predicted molar refractivity (Wildman–Crippen MR) is 37.1 cm³/mol. The molecule has 0 spiro atoms. The minimum absolute atomic E-state index is 0.509. The first kappa shape index (κ1) is 7.40. The molecule has 1 rings (SSSR count). The molecule has 0 atom stereocenters. The van der Waals surface area contributed by atoms with E-state index in [1.165, 1.54) is 0 Å². The zero-order chi connectivity index (χ0) is 7.78. The standard InChI is InChI=1S/C5H7NO3S/c7-3(8)5(1-2-5)6-4(9)10/h1-2H2,(H,7,8)(H2,6,9,10). The highest BCUT2D eigenvalue weighted by molar-refractivity contribution is 7.96. The number of rotatable bonds is 2. The van der Waals surface area contributed by atoms with Crippen LogP contribution in [0.15, 0.2) is 0 Å². The van der Waals surface area contributed by atoms with Crippen LogP contribution in [0.5, 0.6) is 0 Å². The van der Waals surface area contributed by atoms with Gasteiger partial charge in [-0.25, -0.2) is 4.79 Å². The van der Waals surface area contributed by atoms with Gasteiger partial charge in [-0.3, -0.25) is 4.79 Å². The van der Waals surface area contributed by atoms with Crippen molar-refractivity contribution in [3.8, 4) is 0 Å². The van der Waals surface area contributed by atoms with Crippen molar-refractivity contribution in [3.05, 3.63) is 0 Å². The van der Waals surface area contributed by atoms with Crippen LogP contribution < -0.4 is 5.32 Å². The summed E-state index contributed by atoms with van der Waals surface area (Å²) in [5.41, 5.74) is -0.987. The molecule has 0 aromatic rings. The molecule has 1 saturated carbocycles. The molecule has 0 aliphatic heterocycles. The minimum atomic E-state index is -0.987. The molecule has 2 N–H and O–H groups in total. The normalized spacial score (nSPS) is 19.7. The van der Waals surface area contributed by atoms with E-state index in [0.717, 1.165) is 0 Å². The van der Waals surface area contributed by atoms with Gasteiger partial charge >= 0.3 is 5.97 Å². The van der Waals surface area contributed by atoms with Gasteiger partial charge in [-0.2, -0.15) is 0 Å². The molecule has 0 bridgehead atoms. The molecule has 0 radical (unpaired) electrons. The summed E-state index contributed by atoms with van der Waals surface area (Å²) in [4.78, 5) is 20.7. The molecule has 4 nitrogen and oxygen atoms in total. The first-order valence-corrected chi connectivity index (χ1v) is 3.26. The monoisotopic (exact) mass is 161 g/mol. The molecule has 10 heavy (non-hydrogen) atoms. The Kier molecular flexibility index (Phi) is 1.60. The summed E-state index contributed by atoms with van der Waals surface area (Å²) in [5.74, 6) is -0.977. The van der Waals surface area contributed by atoms with Gasteiger partial charge in [0.1, 0.15) is 5.54 Å². The number of carboxylic acid groups (broad SMARTS) is 1. The molecular weight excluding hydrogens is 154 g/mol. The van der Waals surface area contributed by atoms with E-state index in [4.69, 9.17) is 5.11 Å². The van der Waals surface area contributed by atoms with Crippen LogP contribution in [0.3, 0.4) is 0 Å². The van der Waals surface area contributed by atoms with Crippen molar-refractivity contribution >= 4 is 23.8 Å². The second kappa shape index (κ2) is 2.16. The van der Waals surface area contributed by atoms with E-state index in [2.05, 4.69) is 17.9 Å². The minimum Gasteiger partial charge on any atom is -0.480 e. The third kappa shape index (κ3) is 1.23. The van der Waals surface area contributed by atoms with Crippen LogP contribution in [0, 0.1) is 0 Å². The van der Waals surface area contributed by atoms with E-state index in [9.17, 15) is 9.59 Å². The molecule has 1 aliphatic rings. The summed E-state index contributed by atoms with van der Waals surface area (Å²) in [6, 6.07) is 0. The SMILES string of the molecule is O=C(S)NC1(C(=O)O)CC1. The lowest BCUT2D eigenvalue weighted by molar-refractivity contribution is -0.140. The Morgan fingerprint density at radius 3 is 2.10 bits per heavy atom. The van der Waals surface area contributed by atoms with Gasteiger partial charge in [0.05, 0.1) is 0 Å². The van der Waals surface area contributed by atoms with Gasteiger partial charge in [0.2, 0.25) is 0 Å². The first-order valence-electron chi connectivity index (χ1n) is 2.81. The first-order chi connectivity index (χ1) is 4.57. The van der Waals surface area contributed by atoms with Gasteiger partial charge in [0, 0.05) is 0 Å². The zero-order valence-electron chi connectivity index (χ0n) is 5.13. The molecule has 0 aromatic heterocycles. The maximum Gasteiger partial charge on any atom is 0.329 e. The van der Waals surface area contributed by atoms with Crippen molar-refractivity contribution in [1.82, 2.24) is 5.32 Å². The highest BCUT2D eigenvalue weighted by atomic mass is 32.1. The second-order valence-corrected chi connectivity index (χ2v) is 2.72. The van der Waals surface area contributed by atoms with E-state index in [1.807, 2.05) is 0 Å². The fourth-order valence-electron chi connectivity index (χ4n) is 0.722. The van der Waals surface area contributed by atoms with Crippen LogP contribution in [-0.2, 0) is 4.79 Å². The van der Waals surface area contributed by atoms with Crippen molar-refractivity contribution in [2.45, 2.75) is 18.4 Å². The van der Waals surface area contributed by atoms with E-state index in [0.29, 0.717) is 12.8 Å². The van der Waals surface area contributed by atoms with Gasteiger partial charge in [0.25, 0.3) is 5.24 Å². The fraction of sp³-hybridized carbons (Fsp3) is 0.600. The van der Waals surface area contributed by atoms with Crippen molar-refractivity contribution < 1.29 is 14.7 Å². The van der Waals surface area contributed by atoms with Gasteiger partial charge in [-0.15, -0.1) is 0 Å². The quantitative estimate of drug-likeness (QED) is 0.508. The number of thiol groups is 1. The largest absolute Gasteiger partial charge is 0.480 e. The lowest BCUT2D eigenvalue weighted by Gasteiger charge is -2.08. The second-order valence-electron chi connectivity index (χ2n) is 2.32. The maximum atomic E-state index is 10.4. The number of nitrogens with one attached hydrogen (secondary N) is 1. The summed E-state index contributed by atoms with van der Waals surface area (Å²) < 4.78 is 0. The number of hydrogen-bond acceptors (Lipinski definition) is 2. The summed E-state index contributed by atoms with van der Waals surface area (Å²) in [5, 5.41) is 10.2. The van der Waals surface area contributed by atoms with E-state index >= 15 is 0 Å².